The van der Waals surface area contributed by atoms with Crippen LogP contribution in [0.1, 0.15) is 49.1 Å². The van der Waals surface area contributed by atoms with Crippen molar-refractivity contribution >= 4 is 28.1 Å². The van der Waals surface area contributed by atoms with Gasteiger partial charge in [0.15, 0.2) is 5.82 Å². The summed E-state index contributed by atoms with van der Waals surface area (Å²) >= 11 is 0. The summed E-state index contributed by atoms with van der Waals surface area (Å²) < 4.78 is 0. The van der Waals surface area contributed by atoms with Crippen molar-refractivity contribution in [3.05, 3.63) is 84.3 Å². The lowest BCUT2D eigenvalue weighted by molar-refractivity contribution is -0.120. The van der Waals surface area contributed by atoms with Crippen molar-refractivity contribution in [1.29, 1.82) is 0 Å². The van der Waals surface area contributed by atoms with E-state index in [9.17, 15) is 4.79 Å². The maximum atomic E-state index is 12.8. The standard InChI is InChI=1S/C31H28N8O/c1-2-26-28(25(15-32)21-9-6-12-33-16-21)37-30(36-26)29-24-14-20(10-11-27(24)38-39-29)22-13-23(18-34-17-22)35-31(40)19-7-4-3-5-8-19/h1,6,9-19H,3-5,7-8,32H2,(H,35,40)(H,36,37)(H,38,39)/b25-15-. The fourth-order valence-corrected chi connectivity index (χ4v) is 5.27. The highest BCUT2D eigenvalue weighted by Crippen LogP contribution is 2.32. The number of nitrogens with zero attached hydrogens (tertiary/aromatic N) is 4. The van der Waals surface area contributed by atoms with E-state index in [0.29, 0.717) is 34.2 Å². The zero-order valence-corrected chi connectivity index (χ0v) is 21.8. The minimum atomic E-state index is 0.0705. The lowest BCUT2D eigenvalue weighted by Crippen LogP contribution is -2.24. The van der Waals surface area contributed by atoms with Gasteiger partial charge < -0.3 is 16.0 Å². The van der Waals surface area contributed by atoms with Crippen LogP contribution in [0.5, 0.6) is 0 Å². The number of terminal acetylenes is 1. The quantitative estimate of drug-likeness (QED) is 0.222. The molecule has 0 radical (unpaired) electrons. The minimum Gasteiger partial charge on any atom is -0.404 e. The first-order valence-electron chi connectivity index (χ1n) is 13.3. The van der Waals surface area contributed by atoms with Gasteiger partial charge in [0.05, 0.1) is 17.4 Å². The second kappa shape index (κ2) is 10.9. The van der Waals surface area contributed by atoms with E-state index >= 15 is 0 Å². The van der Waals surface area contributed by atoms with Gasteiger partial charge in [0.2, 0.25) is 5.91 Å². The summed E-state index contributed by atoms with van der Waals surface area (Å²) in [6.07, 6.45) is 19.5. The summed E-state index contributed by atoms with van der Waals surface area (Å²) in [4.78, 5) is 29.4. The first kappa shape index (κ1) is 25.1. The molecule has 0 saturated heterocycles. The van der Waals surface area contributed by atoms with E-state index < -0.39 is 0 Å². The molecule has 4 heterocycles. The minimum absolute atomic E-state index is 0.0705. The molecule has 1 saturated carbocycles. The molecule has 5 N–H and O–H groups in total. The highest BCUT2D eigenvalue weighted by molar-refractivity contribution is 5.96. The maximum absolute atomic E-state index is 12.8. The van der Waals surface area contributed by atoms with Crippen molar-refractivity contribution in [1.82, 2.24) is 30.1 Å². The van der Waals surface area contributed by atoms with Crippen LogP contribution < -0.4 is 11.1 Å². The summed E-state index contributed by atoms with van der Waals surface area (Å²) in [5, 5.41) is 11.5. The Balaban J connectivity index is 1.33. The van der Waals surface area contributed by atoms with E-state index in [2.05, 4.69) is 36.4 Å². The van der Waals surface area contributed by atoms with Crippen LogP contribution in [0.25, 0.3) is 39.1 Å². The third-order valence-electron chi connectivity index (χ3n) is 7.34. The molecule has 6 rings (SSSR count). The van der Waals surface area contributed by atoms with Gasteiger partial charge in [-0.15, -0.1) is 6.42 Å². The molecule has 5 aromatic rings. The second-order valence-electron chi connectivity index (χ2n) is 9.89. The number of hydrogen-bond acceptors (Lipinski definition) is 6. The molecule has 9 nitrogen and oxygen atoms in total. The van der Waals surface area contributed by atoms with Crippen molar-refractivity contribution in [2.24, 2.45) is 11.7 Å². The Morgan fingerprint density at radius 3 is 2.73 bits per heavy atom. The smallest absolute Gasteiger partial charge is 0.227 e. The molecular formula is C31H28N8O. The number of H-pyrrole nitrogens is 2. The summed E-state index contributed by atoms with van der Waals surface area (Å²) in [6, 6.07) is 11.7. The van der Waals surface area contributed by atoms with Gasteiger partial charge in [-0.1, -0.05) is 37.3 Å². The van der Waals surface area contributed by atoms with Crippen molar-refractivity contribution in [3.8, 4) is 35.0 Å². The third-order valence-corrected chi connectivity index (χ3v) is 7.34. The Labute approximate surface area is 231 Å². The molecule has 9 heteroatoms. The fourth-order valence-electron chi connectivity index (χ4n) is 5.27. The highest BCUT2D eigenvalue weighted by atomic mass is 16.1. The first-order chi connectivity index (χ1) is 19.6. The number of rotatable bonds is 6. The summed E-state index contributed by atoms with van der Waals surface area (Å²) in [6.45, 7) is 0. The lowest BCUT2D eigenvalue weighted by Gasteiger charge is -2.20. The molecule has 198 valence electrons. The Morgan fingerprint density at radius 1 is 1.07 bits per heavy atom. The molecule has 1 amide bonds. The van der Waals surface area contributed by atoms with E-state index in [-0.39, 0.29) is 11.8 Å². The van der Waals surface area contributed by atoms with Crippen LogP contribution in [-0.2, 0) is 4.79 Å². The number of anilines is 1. The number of amides is 1. The van der Waals surface area contributed by atoms with Gasteiger partial charge in [-0.05, 0) is 42.7 Å². The number of pyridine rings is 2. The Hall–Kier alpha value is -5.23. The van der Waals surface area contributed by atoms with Crippen molar-refractivity contribution in [3.63, 3.8) is 0 Å². The van der Waals surface area contributed by atoms with Crippen molar-refractivity contribution in [2.45, 2.75) is 32.1 Å². The predicted molar refractivity (Wildman–Crippen MR) is 156 cm³/mol. The molecule has 0 aliphatic heterocycles. The van der Waals surface area contributed by atoms with E-state index in [1.807, 2.05) is 36.4 Å². The molecule has 1 aliphatic carbocycles. The van der Waals surface area contributed by atoms with Gasteiger partial charge >= 0.3 is 0 Å². The molecule has 0 unspecified atom stereocenters. The van der Waals surface area contributed by atoms with Crippen LogP contribution in [-0.4, -0.2) is 36.0 Å². The monoisotopic (exact) mass is 528 g/mol. The number of fused-ring (bicyclic) bond motifs is 1. The number of nitrogens with one attached hydrogen (secondary N) is 3. The van der Waals surface area contributed by atoms with E-state index in [0.717, 1.165) is 53.3 Å². The molecule has 1 aromatic carbocycles. The maximum Gasteiger partial charge on any atom is 0.227 e. The van der Waals surface area contributed by atoms with Crippen molar-refractivity contribution in [2.75, 3.05) is 5.32 Å². The van der Waals surface area contributed by atoms with Crippen LogP contribution in [0.15, 0.2) is 67.4 Å². The largest absolute Gasteiger partial charge is 0.404 e. The van der Waals surface area contributed by atoms with Crippen LogP contribution in [0.4, 0.5) is 5.69 Å². The van der Waals surface area contributed by atoms with Gasteiger partial charge in [0.1, 0.15) is 17.1 Å². The average Bonchev–Trinajstić information content (AvgIpc) is 3.62. The van der Waals surface area contributed by atoms with Gasteiger partial charge in [-0.3, -0.25) is 19.9 Å². The summed E-state index contributed by atoms with van der Waals surface area (Å²) in [5.41, 5.74) is 12.5. The molecule has 1 aliphatic rings. The van der Waals surface area contributed by atoms with Gasteiger partial charge in [0, 0.05) is 52.8 Å². The molecule has 0 spiro atoms. The normalized spacial score (nSPS) is 14.2. The second-order valence-corrected chi connectivity index (χ2v) is 9.89. The summed E-state index contributed by atoms with van der Waals surface area (Å²) in [5.74, 6) is 3.33. The molecular weight excluding hydrogens is 500 g/mol. The molecule has 4 aromatic heterocycles. The number of hydrogen-bond donors (Lipinski definition) is 4. The fraction of sp³-hybridized carbons (Fsp3) is 0.194. The number of nitrogens with two attached hydrogens (primary N) is 1. The zero-order valence-electron chi connectivity index (χ0n) is 21.8. The van der Waals surface area contributed by atoms with Crippen LogP contribution in [0, 0.1) is 18.3 Å². The Kier molecular flexibility index (Phi) is 6.81. The van der Waals surface area contributed by atoms with Crippen LogP contribution in [0.2, 0.25) is 0 Å². The molecule has 0 atom stereocenters. The Morgan fingerprint density at radius 2 is 1.95 bits per heavy atom. The summed E-state index contributed by atoms with van der Waals surface area (Å²) in [7, 11) is 0. The predicted octanol–water partition coefficient (Wildman–Crippen LogP) is 5.26. The number of imidazole rings is 1. The lowest BCUT2D eigenvalue weighted by atomic mass is 9.88. The highest BCUT2D eigenvalue weighted by Gasteiger charge is 2.22. The van der Waals surface area contributed by atoms with Gasteiger partial charge in [-0.25, -0.2) is 4.98 Å². The van der Waals surface area contributed by atoms with Crippen LogP contribution in [0.3, 0.4) is 0 Å². The van der Waals surface area contributed by atoms with Gasteiger partial charge in [-0.2, -0.15) is 5.10 Å². The number of benzene rings is 1. The van der Waals surface area contributed by atoms with E-state index in [1.165, 1.54) is 12.6 Å². The topological polar surface area (TPSA) is 138 Å². The Bertz CT molecular complexity index is 1750. The number of carbonyl (C=O) groups excluding carboxylic acids is 1. The van der Waals surface area contributed by atoms with Crippen LogP contribution >= 0.6 is 0 Å². The first-order valence-corrected chi connectivity index (χ1v) is 13.3. The zero-order chi connectivity index (χ0) is 27.5. The SMILES string of the molecule is C#Cc1[nH]c(-c2n[nH]c3ccc(-c4cncc(NC(=O)C5CCCCC5)c4)cc23)nc1/C(=C\N)c1cccnc1. The van der Waals surface area contributed by atoms with Crippen molar-refractivity contribution < 1.29 is 4.79 Å². The third kappa shape index (κ3) is 4.83. The molecule has 40 heavy (non-hydrogen) atoms. The van der Waals surface area contributed by atoms with E-state index in [4.69, 9.17) is 17.1 Å². The number of carbonyl (C=O) groups is 1. The van der Waals surface area contributed by atoms with Gasteiger partial charge in [0.25, 0.3) is 0 Å². The van der Waals surface area contributed by atoms with E-state index in [1.54, 1.807) is 24.8 Å². The average molecular weight is 529 g/mol. The number of aromatic amines is 2. The molecule has 0 bridgehead atoms. The number of aromatic nitrogens is 6. The molecule has 1 fully saturated rings.